The van der Waals surface area contributed by atoms with Crippen LogP contribution in [-0.2, 0) is 6.54 Å². The molecule has 0 aliphatic rings. The highest BCUT2D eigenvalue weighted by Crippen LogP contribution is 2.27. The van der Waals surface area contributed by atoms with Gasteiger partial charge >= 0.3 is 0 Å². The van der Waals surface area contributed by atoms with Gasteiger partial charge in [0, 0.05) is 23.0 Å². The van der Waals surface area contributed by atoms with Crippen molar-refractivity contribution in [2.75, 3.05) is 5.32 Å². The van der Waals surface area contributed by atoms with Gasteiger partial charge in [-0.1, -0.05) is 78.3 Å². The molecule has 0 fully saturated rings. The van der Waals surface area contributed by atoms with Crippen LogP contribution in [0.1, 0.15) is 15.9 Å². The van der Waals surface area contributed by atoms with Crippen molar-refractivity contribution in [3.63, 3.8) is 0 Å². The summed E-state index contributed by atoms with van der Waals surface area (Å²) < 4.78 is 4.11. The SMILES string of the molecule is O=C(Nc1nn(Cc2ccccc2Cl)cc1Br)c1cn(-c2ccccc2)nc1-c1ccccc1. The Kier molecular flexibility index (Phi) is 6.29. The van der Waals surface area contributed by atoms with Gasteiger partial charge in [-0.25, -0.2) is 4.68 Å². The summed E-state index contributed by atoms with van der Waals surface area (Å²) in [5.41, 5.74) is 3.69. The Morgan fingerprint density at radius 3 is 2.29 bits per heavy atom. The Bertz CT molecular complexity index is 1450. The zero-order valence-corrected chi connectivity index (χ0v) is 20.2. The summed E-state index contributed by atoms with van der Waals surface area (Å²) in [4.78, 5) is 13.4. The maximum Gasteiger partial charge on any atom is 0.260 e. The number of para-hydroxylation sites is 1. The molecule has 34 heavy (non-hydrogen) atoms. The molecule has 3 aromatic carbocycles. The lowest BCUT2D eigenvalue weighted by molar-refractivity contribution is 0.102. The Morgan fingerprint density at radius 2 is 1.56 bits per heavy atom. The second-order valence-electron chi connectivity index (χ2n) is 7.61. The van der Waals surface area contributed by atoms with Gasteiger partial charge in [-0.15, -0.1) is 0 Å². The minimum atomic E-state index is -0.301. The molecule has 0 aliphatic carbocycles. The van der Waals surface area contributed by atoms with Crippen molar-refractivity contribution in [3.8, 4) is 16.9 Å². The molecule has 0 aliphatic heterocycles. The van der Waals surface area contributed by atoms with E-state index in [4.69, 9.17) is 16.7 Å². The highest BCUT2D eigenvalue weighted by atomic mass is 79.9. The minimum Gasteiger partial charge on any atom is -0.304 e. The first-order chi connectivity index (χ1) is 16.6. The number of hydrogen-bond acceptors (Lipinski definition) is 3. The molecule has 0 radical (unpaired) electrons. The third kappa shape index (κ3) is 4.66. The Morgan fingerprint density at radius 1 is 0.882 bits per heavy atom. The molecule has 0 atom stereocenters. The summed E-state index contributed by atoms with van der Waals surface area (Å²) in [6.45, 7) is 0.481. The molecule has 5 aromatic rings. The number of carbonyl (C=O) groups is 1. The molecule has 0 saturated heterocycles. The van der Waals surface area contributed by atoms with Gasteiger partial charge < -0.3 is 5.32 Å². The number of amides is 1. The maximum absolute atomic E-state index is 13.4. The van der Waals surface area contributed by atoms with Gasteiger partial charge in [-0.05, 0) is 39.7 Å². The maximum atomic E-state index is 13.4. The monoisotopic (exact) mass is 531 g/mol. The molecule has 168 valence electrons. The van der Waals surface area contributed by atoms with Crippen molar-refractivity contribution in [1.29, 1.82) is 0 Å². The van der Waals surface area contributed by atoms with Gasteiger partial charge in [0.05, 0.1) is 22.3 Å². The normalized spacial score (nSPS) is 10.9. The lowest BCUT2D eigenvalue weighted by Gasteiger charge is -2.05. The van der Waals surface area contributed by atoms with E-state index in [9.17, 15) is 4.79 Å². The molecular formula is C26H19BrClN5O. The lowest BCUT2D eigenvalue weighted by atomic mass is 10.1. The van der Waals surface area contributed by atoms with Crippen LogP contribution in [0.3, 0.4) is 0 Å². The third-order valence-corrected chi connectivity index (χ3v) is 6.22. The van der Waals surface area contributed by atoms with Gasteiger partial charge in [-0.3, -0.25) is 9.48 Å². The summed E-state index contributed by atoms with van der Waals surface area (Å²) in [5.74, 6) is 0.119. The number of rotatable bonds is 6. The number of anilines is 1. The number of hydrogen-bond donors (Lipinski definition) is 1. The van der Waals surface area contributed by atoms with Crippen LogP contribution < -0.4 is 5.32 Å². The number of aromatic nitrogens is 4. The number of halogens is 2. The lowest BCUT2D eigenvalue weighted by Crippen LogP contribution is -2.13. The van der Waals surface area contributed by atoms with Crippen molar-refractivity contribution in [2.24, 2.45) is 0 Å². The number of nitrogens with one attached hydrogen (secondary N) is 1. The van der Waals surface area contributed by atoms with Crippen molar-refractivity contribution in [2.45, 2.75) is 6.54 Å². The predicted octanol–water partition coefficient (Wildman–Crippen LogP) is 6.45. The average Bonchev–Trinajstić information content (AvgIpc) is 3.46. The predicted molar refractivity (Wildman–Crippen MR) is 137 cm³/mol. The van der Waals surface area contributed by atoms with E-state index >= 15 is 0 Å². The van der Waals surface area contributed by atoms with Crippen LogP contribution in [0.15, 0.2) is 102 Å². The van der Waals surface area contributed by atoms with E-state index in [2.05, 4.69) is 26.3 Å². The fourth-order valence-corrected chi connectivity index (χ4v) is 4.21. The molecule has 8 heteroatoms. The first-order valence-corrected chi connectivity index (χ1v) is 11.7. The summed E-state index contributed by atoms with van der Waals surface area (Å²) in [5, 5.41) is 12.8. The van der Waals surface area contributed by atoms with Gasteiger partial charge in [0.2, 0.25) is 0 Å². The van der Waals surface area contributed by atoms with E-state index < -0.39 is 0 Å². The van der Waals surface area contributed by atoms with Crippen LogP contribution in [0.25, 0.3) is 16.9 Å². The molecule has 0 unspecified atom stereocenters. The summed E-state index contributed by atoms with van der Waals surface area (Å²) in [7, 11) is 0. The molecule has 1 N–H and O–H groups in total. The second kappa shape index (κ2) is 9.67. The number of benzene rings is 3. The van der Waals surface area contributed by atoms with Gasteiger partial charge in [0.15, 0.2) is 5.82 Å². The summed E-state index contributed by atoms with van der Waals surface area (Å²) in [6.07, 6.45) is 3.55. The first kappa shape index (κ1) is 22.1. The van der Waals surface area contributed by atoms with Crippen LogP contribution in [-0.4, -0.2) is 25.5 Å². The minimum absolute atomic E-state index is 0.301. The molecule has 5 rings (SSSR count). The Hall–Kier alpha value is -3.68. The number of nitrogens with zero attached hydrogens (tertiary/aromatic N) is 4. The highest BCUT2D eigenvalue weighted by molar-refractivity contribution is 9.10. The van der Waals surface area contributed by atoms with Crippen molar-refractivity contribution < 1.29 is 4.79 Å². The van der Waals surface area contributed by atoms with Crippen molar-refractivity contribution >= 4 is 39.3 Å². The van der Waals surface area contributed by atoms with Crippen LogP contribution in [0.5, 0.6) is 0 Å². The van der Waals surface area contributed by atoms with Crippen LogP contribution in [0, 0.1) is 0 Å². The average molecular weight is 533 g/mol. The fraction of sp³-hybridized carbons (Fsp3) is 0.0385. The van der Waals surface area contributed by atoms with Gasteiger partial charge in [-0.2, -0.15) is 10.2 Å². The Labute approximate surface area is 209 Å². The molecular weight excluding hydrogens is 514 g/mol. The third-order valence-electron chi connectivity index (χ3n) is 5.27. The molecule has 0 bridgehead atoms. The quantitative estimate of drug-likeness (QED) is 0.273. The van der Waals surface area contributed by atoms with E-state index in [0.717, 1.165) is 16.8 Å². The number of carbonyl (C=O) groups excluding carboxylic acids is 1. The molecule has 6 nitrogen and oxygen atoms in total. The summed E-state index contributed by atoms with van der Waals surface area (Å²) >= 11 is 9.79. The van der Waals surface area contributed by atoms with E-state index in [0.29, 0.717) is 33.1 Å². The van der Waals surface area contributed by atoms with E-state index in [1.807, 2.05) is 91.1 Å². The van der Waals surface area contributed by atoms with Crippen molar-refractivity contribution in [1.82, 2.24) is 19.6 Å². The smallest absolute Gasteiger partial charge is 0.260 e. The zero-order chi connectivity index (χ0) is 23.5. The second-order valence-corrected chi connectivity index (χ2v) is 8.87. The van der Waals surface area contributed by atoms with Crippen molar-refractivity contribution in [3.05, 3.63) is 118 Å². The standard InChI is InChI=1S/C26H19BrClN5O/c27-22-17-32(15-19-11-7-8-14-23(19)28)31-25(22)29-26(34)21-16-33(20-12-5-2-6-13-20)30-24(21)18-9-3-1-4-10-18/h1-14,16-17H,15H2,(H,29,31,34). The molecule has 1 amide bonds. The fourth-order valence-electron chi connectivity index (χ4n) is 3.60. The zero-order valence-electron chi connectivity index (χ0n) is 17.9. The van der Waals surface area contributed by atoms with Crippen LogP contribution in [0.2, 0.25) is 5.02 Å². The molecule has 0 saturated carbocycles. The summed E-state index contributed by atoms with van der Waals surface area (Å²) in [6, 6.07) is 26.9. The van der Waals surface area contributed by atoms with Crippen LogP contribution >= 0.6 is 27.5 Å². The largest absolute Gasteiger partial charge is 0.304 e. The first-order valence-electron chi connectivity index (χ1n) is 10.6. The topological polar surface area (TPSA) is 64.7 Å². The molecule has 2 aromatic heterocycles. The van der Waals surface area contributed by atoms with E-state index in [1.165, 1.54) is 0 Å². The van der Waals surface area contributed by atoms with E-state index in [-0.39, 0.29) is 5.91 Å². The van der Waals surface area contributed by atoms with Crippen LogP contribution in [0.4, 0.5) is 5.82 Å². The van der Waals surface area contributed by atoms with E-state index in [1.54, 1.807) is 15.6 Å². The highest BCUT2D eigenvalue weighted by Gasteiger charge is 2.21. The Balaban J connectivity index is 1.45. The molecule has 2 heterocycles. The molecule has 0 spiro atoms. The van der Waals surface area contributed by atoms with Gasteiger partial charge in [0.1, 0.15) is 5.69 Å². The van der Waals surface area contributed by atoms with Gasteiger partial charge in [0.25, 0.3) is 5.91 Å².